The Hall–Kier alpha value is -3.73. The van der Waals surface area contributed by atoms with Crippen molar-refractivity contribution in [1.82, 2.24) is 0 Å². The van der Waals surface area contributed by atoms with Gasteiger partial charge in [-0.05, 0) is 97.7 Å². The molecule has 1 atom stereocenters. The fourth-order valence-electron chi connectivity index (χ4n) is 4.97. The molecule has 0 bridgehead atoms. The molecular formula is C29H26FNO3. The first-order chi connectivity index (χ1) is 16.3. The molecular weight excluding hydrogens is 429 g/mol. The highest BCUT2D eigenvalue weighted by atomic mass is 19.1. The van der Waals surface area contributed by atoms with Gasteiger partial charge in [0.2, 0.25) is 0 Å². The van der Waals surface area contributed by atoms with Crippen molar-refractivity contribution in [1.29, 1.82) is 0 Å². The topological polar surface area (TPSA) is 57.6 Å². The maximum absolute atomic E-state index is 13.7. The zero-order valence-electron chi connectivity index (χ0n) is 19.3. The van der Waals surface area contributed by atoms with Crippen molar-refractivity contribution in [3.8, 4) is 0 Å². The molecule has 172 valence electrons. The third kappa shape index (κ3) is 3.71. The highest BCUT2D eigenvalue weighted by molar-refractivity contribution is 6.51. The van der Waals surface area contributed by atoms with Crippen LogP contribution in [0.1, 0.15) is 52.3 Å². The average Bonchev–Trinajstić information content (AvgIpc) is 3.11. The van der Waals surface area contributed by atoms with Crippen molar-refractivity contribution in [2.45, 2.75) is 45.6 Å². The first kappa shape index (κ1) is 22.1. The van der Waals surface area contributed by atoms with Gasteiger partial charge in [0.05, 0.1) is 11.6 Å². The summed E-state index contributed by atoms with van der Waals surface area (Å²) in [6, 6.07) is 16.1. The molecule has 0 saturated carbocycles. The largest absolute Gasteiger partial charge is 0.507 e. The fraction of sp³-hybridized carbons (Fsp3) is 0.241. The summed E-state index contributed by atoms with van der Waals surface area (Å²) in [4.78, 5) is 28.0. The molecule has 3 aromatic carbocycles. The molecule has 1 aliphatic carbocycles. The highest BCUT2D eigenvalue weighted by Crippen LogP contribution is 2.42. The maximum Gasteiger partial charge on any atom is 0.300 e. The fourth-order valence-corrected chi connectivity index (χ4v) is 4.97. The zero-order valence-corrected chi connectivity index (χ0v) is 19.3. The van der Waals surface area contributed by atoms with Crippen molar-refractivity contribution in [3.05, 3.63) is 105 Å². The van der Waals surface area contributed by atoms with Crippen LogP contribution in [-0.4, -0.2) is 16.8 Å². The standard InChI is InChI=1S/C29H26FNO3/c1-17-7-14-24(15-18(17)2)31-26(20-10-12-23(30)13-11-20)25(28(33)29(31)34)27(32)22-9-8-19-5-3-4-6-21(19)16-22/h7-16,26,32H,3-6H2,1-2H3/b27-25-. The first-order valence-electron chi connectivity index (χ1n) is 11.6. The van der Waals surface area contributed by atoms with Crippen molar-refractivity contribution in [2.24, 2.45) is 0 Å². The van der Waals surface area contributed by atoms with Gasteiger partial charge in [0, 0.05) is 11.3 Å². The highest BCUT2D eigenvalue weighted by Gasteiger charge is 2.47. The Morgan fingerprint density at radius 3 is 2.29 bits per heavy atom. The Bertz CT molecular complexity index is 1340. The smallest absolute Gasteiger partial charge is 0.300 e. The van der Waals surface area contributed by atoms with E-state index in [4.69, 9.17) is 0 Å². The van der Waals surface area contributed by atoms with Crippen LogP contribution in [0.4, 0.5) is 10.1 Å². The van der Waals surface area contributed by atoms with Gasteiger partial charge in [0.25, 0.3) is 11.7 Å². The van der Waals surface area contributed by atoms with E-state index in [-0.39, 0.29) is 11.3 Å². The van der Waals surface area contributed by atoms with Crippen molar-refractivity contribution in [3.63, 3.8) is 0 Å². The number of rotatable bonds is 3. The van der Waals surface area contributed by atoms with Gasteiger partial charge in [-0.1, -0.05) is 30.3 Å². The molecule has 0 aromatic heterocycles. The van der Waals surface area contributed by atoms with Crippen LogP contribution in [0.2, 0.25) is 0 Å². The molecule has 5 heteroatoms. The number of fused-ring (bicyclic) bond motifs is 1. The lowest BCUT2D eigenvalue weighted by Crippen LogP contribution is -2.29. The Labute approximate surface area is 198 Å². The van der Waals surface area contributed by atoms with Gasteiger partial charge in [-0.25, -0.2) is 4.39 Å². The van der Waals surface area contributed by atoms with Gasteiger partial charge >= 0.3 is 0 Å². The molecule has 5 rings (SSSR count). The first-order valence-corrected chi connectivity index (χ1v) is 11.6. The van der Waals surface area contributed by atoms with Gasteiger partial charge < -0.3 is 5.11 Å². The molecule has 1 amide bonds. The second-order valence-electron chi connectivity index (χ2n) is 9.18. The van der Waals surface area contributed by atoms with E-state index in [0.717, 1.165) is 42.4 Å². The normalized spacial score (nSPS) is 19.4. The molecule has 1 N–H and O–H groups in total. The molecule has 1 saturated heterocycles. The number of halogens is 1. The van der Waals surface area contributed by atoms with Gasteiger partial charge in [-0.2, -0.15) is 0 Å². The molecule has 0 spiro atoms. The van der Waals surface area contributed by atoms with Crippen LogP contribution in [-0.2, 0) is 22.4 Å². The number of ketones is 1. The van der Waals surface area contributed by atoms with Gasteiger partial charge in [0.1, 0.15) is 11.6 Å². The number of aliphatic hydroxyl groups excluding tert-OH is 1. The number of aryl methyl sites for hydroxylation is 4. The van der Waals surface area contributed by atoms with Crippen LogP contribution in [0.5, 0.6) is 0 Å². The summed E-state index contributed by atoms with van der Waals surface area (Å²) in [6.45, 7) is 3.91. The molecule has 1 heterocycles. The van der Waals surface area contributed by atoms with Crippen LogP contribution >= 0.6 is 0 Å². The number of amides is 1. The molecule has 3 aromatic rings. The monoisotopic (exact) mass is 455 g/mol. The van der Waals surface area contributed by atoms with Crippen LogP contribution in [0, 0.1) is 19.7 Å². The number of benzene rings is 3. The second kappa shape index (κ2) is 8.56. The van der Waals surface area contributed by atoms with Crippen molar-refractivity contribution >= 4 is 23.1 Å². The Morgan fingerprint density at radius 2 is 1.59 bits per heavy atom. The summed E-state index contributed by atoms with van der Waals surface area (Å²) in [7, 11) is 0. The molecule has 34 heavy (non-hydrogen) atoms. The predicted molar refractivity (Wildman–Crippen MR) is 130 cm³/mol. The van der Waals surface area contributed by atoms with Crippen molar-refractivity contribution < 1.29 is 19.1 Å². The molecule has 4 nitrogen and oxygen atoms in total. The number of carbonyl (C=O) groups is 2. The van der Waals surface area contributed by atoms with Crippen LogP contribution in [0.3, 0.4) is 0 Å². The Kier molecular flexibility index (Phi) is 5.56. The number of Topliss-reactive ketones (excluding diaryl/α,β-unsaturated/α-hetero) is 1. The minimum absolute atomic E-state index is 0.0191. The molecule has 1 fully saturated rings. The number of anilines is 1. The Morgan fingerprint density at radius 1 is 0.882 bits per heavy atom. The lowest BCUT2D eigenvalue weighted by Gasteiger charge is -2.26. The summed E-state index contributed by atoms with van der Waals surface area (Å²) in [6.07, 6.45) is 4.16. The average molecular weight is 456 g/mol. The van der Waals surface area contributed by atoms with E-state index in [1.165, 1.54) is 22.6 Å². The van der Waals surface area contributed by atoms with Crippen LogP contribution in [0.15, 0.2) is 66.2 Å². The lowest BCUT2D eigenvalue weighted by molar-refractivity contribution is -0.132. The minimum atomic E-state index is -0.862. The van der Waals surface area contributed by atoms with Crippen LogP contribution in [0.25, 0.3) is 5.76 Å². The third-order valence-electron chi connectivity index (χ3n) is 7.02. The third-order valence-corrected chi connectivity index (χ3v) is 7.02. The summed E-state index contributed by atoms with van der Waals surface area (Å²) in [5.41, 5.74) is 6.11. The van der Waals surface area contributed by atoms with E-state index >= 15 is 0 Å². The summed E-state index contributed by atoms with van der Waals surface area (Å²) >= 11 is 0. The second-order valence-corrected chi connectivity index (χ2v) is 9.18. The number of hydrogen-bond donors (Lipinski definition) is 1. The molecule has 1 aliphatic heterocycles. The zero-order chi connectivity index (χ0) is 24.0. The van der Waals surface area contributed by atoms with Crippen LogP contribution < -0.4 is 4.90 Å². The summed E-state index contributed by atoms with van der Waals surface area (Å²) in [5.74, 6) is -2.08. The lowest BCUT2D eigenvalue weighted by atomic mass is 9.88. The van der Waals surface area contributed by atoms with Crippen molar-refractivity contribution in [2.75, 3.05) is 4.90 Å². The SMILES string of the molecule is Cc1ccc(N2C(=O)C(=O)/C(=C(\O)c3ccc4c(c3)CCCC4)C2c2ccc(F)cc2)cc1C. The Balaban J connectivity index is 1.70. The number of carbonyl (C=O) groups excluding carboxylic acids is 2. The van der Waals surface area contributed by atoms with E-state index in [2.05, 4.69) is 0 Å². The van der Waals surface area contributed by atoms with E-state index in [1.807, 2.05) is 44.2 Å². The minimum Gasteiger partial charge on any atom is -0.507 e. The number of nitrogens with zero attached hydrogens (tertiary/aromatic N) is 1. The van der Waals surface area contributed by atoms with E-state index in [1.54, 1.807) is 18.2 Å². The van der Waals surface area contributed by atoms with Gasteiger partial charge in [-0.15, -0.1) is 0 Å². The molecule has 2 aliphatic rings. The summed E-state index contributed by atoms with van der Waals surface area (Å²) in [5, 5.41) is 11.4. The number of aliphatic hydroxyl groups is 1. The molecule has 1 unspecified atom stereocenters. The van der Waals surface area contributed by atoms with Gasteiger partial charge in [0.15, 0.2) is 0 Å². The maximum atomic E-state index is 13.7. The van der Waals surface area contributed by atoms with E-state index < -0.39 is 23.5 Å². The van der Waals surface area contributed by atoms with Gasteiger partial charge in [-0.3, -0.25) is 14.5 Å². The number of hydrogen-bond acceptors (Lipinski definition) is 3. The quantitative estimate of drug-likeness (QED) is 0.302. The summed E-state index contributed by atoms with van der Waals surface area (Å²) < 4.78 is 13.7. The predicted octanol–water partition coefficient (Wildman–Crippen LogP) is 5.95. The van der Waals surface area contributed by atoms with E-state index in [9.17, 15) is 19.1 Å². The van der Waals surface area contributed by atoms with E-state index in [0.29, 0.717) is 16.8 Å². The molecule has 0 radical (unpaired) electrons.